The van der Waals surface area contributed by atoms with Crippen LogP contribution in [-0.4, -0.2) is 14.1 Å². The summed E-state index contributed by atoms with van der Waals surface area (Å²) in [6, 6.07) is 51.0. The average Bonchev–Trinajstić information content (AvgIpc) is 3.83. The second kappa shape index (κ2) is 11.0. The van der Waals surface area contributed by atoms with Crippen molar-refractivity contribution in [2.24, 2.45) is 0 Å². The van der Waals surface area contributed by atoms with Crippen LogP contribution in [0.15, 0.2) is 170 Å². The average molecular weight is 685 g/mol. The molecular weight excluding hydrogens is 653 g/mol. The van der Waals surface area contributed by atoms with E-state index < -0.39 is 0 Å². The highest BCUT2D eigenvalue weighted by atomic mass is 32.1. The number of aromatic nitrogens is 3. The Kier molecular flexibility index (Phi) is 6.22. The van der Waals surface area contributed by atoms with Crippen molar-refractivity contribution >= 4 is 75.1 Å². The SMILES string of the molecule is CC1(c2cc(-c3ccccn3)cc(-n3c4ccccc4c4cc5c(cc43)sc3cc4c(cc35)c3ccccc3n4-c3ccccc3)c2)C=CC=CN1. The van der Waals surface area contributed by atoms with Crippen molar-refractivity contribution in [1.82, 2.24) is 19.4 Å². The van der Waals surface area contributed by atoms with Crippen LogP contribution in [0.5, 0.6) is 0 Å². The molecule has 0 aliphatic carbocycles. The van der Waals surface area contributed by atoms with Gasteiger partial charge in [-0.1, -0.05) is 72.8 Å². The minimum Gasteiger partial charge on any atom is -0.378 e. The number of nitrogens with one attached hydrogen (secondary N) is 1. The van der Waals surface area contributed by atoms with Gasteiger partial charge in [-0.05, 0) is 104 Å². The molecule has 1 N–H and O–H groups in total. The van der Waals surface area contributed by atoms with E-state index >= 15 is 0 Å². The van der Waals surface area contributed by atoms with Gasteiger partial charge in [0.05, 0.1) is 33.3 Å². The van der Waals surface area contributed by atoms with E-state index in [1.165, 1.54) is 75.0 Å². The molecule has 4 nitrogen and oxygen atoms in total. The maximum atomic E-state index is 4.77. The van der Waals surface area contributed by atoms with Crippen LogP contribution in [-0.2, 0) is 5.54 Å². The summed E-state index contributed by atoms with van der Waals surface area (Å²) < 4.78 is 7.43. The highest BCUT2D eigenvalue weighted by Gasteiger charge is 2.26. The highest BCUT2D eigenvalue weighted by molar-refractivity contribution is 7.26. The summed E-state index contributed by atoms with van der Waals surface area (Å²) in [5.41, 5.74) is 10.0. The fourth-order valence-corrected chi connectivity index (χ4v) is 9.44. The Morgan fingerprint density at radius 3 is 1.81 bits per heavy atom. The molecule has 10 aromatic rings. The standard InChI is InChI=1S/C47H32N4S/c1-47(20-10-12-22-49-47)31-23-30(40-17-9-11-21-48-40)24-33(25-31)51-42-19-8-6-16-35(42)37-27-39-38-26-36-34-15-5-7-18-41(34)50(32-13-3-2-4-14-32)43(36)28-45(38)52-46(39)29-44(37)51/h2-29,49H,1H3. The molecule has 0 radical (unpaired) electrons. The summed E-state index contributed by atoms with van der Waals surface area (Å²) in [6.07, 6.45) is 10.3. The van der Waals surface area contributed by atoms with Gasteiger partial charge in [-0.3, -0.25) is 4.98 Å². The largest absolute Gasteiger partial charge is 0.378 e. The van der Waals surface area contributed by atoms with E-state index in [2.05, 4.69) is 167 Å². The topological polar surface area (TPSA) is 34.8 Å². The van der Waals surface area contributed by atoms with Gasteiger partial charge < -0.3 is 14.5 Å². The molecule has 11 rings (SSSR count). The van der Waals surface area contributed by atoms with Crippen molar-refractivity contribution in [3.8, 4) is 22.6 Å². The lowest BCUT2D eigenvalue weighted by molar-refractivity contribution is 0.524. The summed E-state index contributed by atoms with van der Waals surface area (Å²) in [7, 11) is 0. The van der Waals surface area contributed by atoms with Crippen LogP contribution in [0, 0.1) is 0 Å². The number of rotatable bonds is 4. The zero-order valence-electron chi connectivity index (χ0n) is 28.4. The van der Waals surface area contributed by atoms with Gasteiger partial charge in [0.1, 0.15) is 0 Å². The molecule has 52 heavy (non-hydrogen) atoms. The van der Waals surface area contributed by atoms with Crippen molar-refractivity contribution in [2.45, 2.75) is 12.5 Å². The van der Waals surface area contributed by atoms with Gasteiger partial charge in [0.15, 0.2) is 0 Å². The van der Waals surface area contributed by atoms with Gasteiger partial charge in [-0.2, -0.15) is 0 Å². The van der Waals surface area contributed by atoms with Crippen LogP contribution in [0.2, 0.25) is 0 Å². The third kappa shape index (κ3) is 4.30. The first-order valence-corrected chi connectivity index (χ1v) is 18.5. The monoisotopic (exact) mass is 684 g/mol. The lowest BCUT2D eigenvalue weighted by Gasteiger charge is -2.30. The van der Waals surface area contributed by atoms with Gasteiger partial charge in [0.2, 0.25) is 0 Å². The zero-order valence-corrected chi connectivity index (χ0v) is 29.2. The van der Waals surface area contributed by atoms with Crippen LogP contribution in [0.3, 0.4) is 0 Å². The predicted octanol–water partition coefficient (Wildman–Crippen LogP) is 12.2. The molecule has 0 spiro atoms. The third-order valence-electron chi connectivity index (χ3n) is 10.8. The number of para-hydroxylation sites is 3. The van der Waals surface area contributed by atoms with Gasteiger partial charge in [0.25, 0.3) is 0 Å². The van der Waals surface area contributed by atoms with Gasteiger partial charge in [0, 0.05) is 64.9 Å². The van der Waals surface area contributed by atoms with Crippen LogP contribution in [0.25, 0.3) is 86.4 Å². The number of hydrogen-bond donors (Lipinski definition) is 1. The molecular formula is C47H32N4S. The molecule has 1 aliphatic rings. The molecule has 6 aromatic carbocycles. The molecule has 246 valence electrons. The number of dihydropyridines is 1. The number of fused-ring (bicyclic) bond motifs is 9. The van der Waals surface area contributed by atoms with E-state index in [4.69, 9.17) is 4.98 Å². The predicted molar refractivity (Wildman–Crippen MR) is 220 cm³/mol. The van der Waals surface area contributed by atoms with E-state index in [1.807, 2.05) is 35.9 Å². The minimum absolute atomic E-state index is 0.363. The second-order valence-electron chi connectivity index (χ2n) is 13.9. The Hall–Kier alpha value is -6.43. The number of allylic oxidation sites excluding steroid dienone is 2. The molecule has 1 aliphatic heterocycles. The molecule has 0 fully saturated rings. The first kappa shape index (κ1) is 29.3. The molecule has 5 heterocycles. The Morgan fingerprint density at radius 2 is 1.17 bits per heavy atom. The Morgan fingerprint density at radius 1 is 0.538 bits per heavy atom. The van der Waals surface area contributed by atoms with Crippen LogP contribution < -0.4 is 5.32 Å². The molecule has 4 aromatic heterocycles. The first-order chi connectivity index (χ1) is 25.6. The van der Waals surface area contributed by atoms with Gasteiger partial charge >= 0.3 is 0 Å². The quantitative estimate of drug-likeness (QED) is 0.200. The molecule has 1 unspecified atom stereocenters. The van der Waals surface area contributed by atoms with Crippen molar-refractivity contribution in [3.63, 3.8) is 0 Å². The lowest BCUT2D eigenvalue weighted by atomic mass is 9.88. The molecule has 0 amide bonds. The summed E-state index contributed by atoms with van der Waals surface area (Å²) in [6.45, 7) is 2.23. The fourth-order valence-electron chi connectivity index (χ4n) is 8.31. The summed E-state index contributed by atoms with van der Waals surface area (Å²) in [4.78, 5) is 4.77. The minimum atomic E-state index is -0.363. The number of hydrogen-bond acceptors (Lipinski definition) is 3. The number of nitrogens with zero attached hydrogens (tertiary/aromatic N) is 3. The number of pyridine rings is 1. The normalized spacial score (nSPS) is 15.9. The van der Waals surface area contributed by atoms with E-state index in [-0.39, 0.29) is 5.54 Å². The van der Waals surface area contributed by atoms with E-state index in [0.717, 1.165) is 16.9 Å². The maximum absolute atomic E-state index is 4.77. The fraction of sp³-hybridized carbons (Fsp3) is 0.0426. The first-order valence-electron chi connectivity index (χ1n) is 17.7. The Labute approximate surface area is 304 Å². The molecule has 1 atom stereocenters. The van der Waals surface area contributed by atoms with Crippen LogP contribution >= 0.6 is 11.3 Å². The van der Waals surface area contributed by atoms with Crippen molar-refractivity contribution in [2.75, 3.05) is 0 Å². The number of thiophene rings is 1. The van der Waals surface area contributed by atoms with Crippen molar-refractivity contribution in [1.29, 1.82) is 0 Å². The van der Waals surface area contributed by atoms with Gasteiger partial charge in [-0.15, -0.1) is 11.3 Å². The Balaban J connectivity index is 1.19. The molecule has 0 saturated carbocycles. The Bertz CT molecular complexity index is 3110. The van der Waals surface area contributed by atoms with E-state index in [9.17, 15) is 0 Å². The van der Waals surface area contributed by atoms with Crippen molar-refractivity contribution < 1.29 is 0 Å². The molecule has 0 saturated heterocycles. The van der Waals surface area contributed by atoms with E-state index in [1.54, 1.807) is 0 Å². The maximum Gasteiger partial charge on any atom is 0.0780 e. The lowest BCUT2D eigenvalue weighted by Crippen LogP contribution is -2.35. The van der Waals surface area contributed by atoms with Crippen LogP contribution in [0.1, 0.15) is 12.5 Å². The van der Waals surface area contributed by atoms with Crippen LogP contribution in [0.4, 0.5) is 0 Å². The second-order valence-corrected chi connectivity index (χ2v) is 15.0. The number of benzene rings is 6. The molecule has 5 heteroatoms. The summed E-state index contributed by atoms with van der Waals surface area (Å²) in [5, 5.41) is 11.3. The third-order valence-corrected chi connectivity index (χ3v) is 11.9. The molecule has 0 bridgehead atoms. The van der Waals surface area contributed by atoms with Crippen molar-refractivity contribution in [3.05, 3.63) is 176 Å². The summed E-state index contributed by atoms with van der Waals surface area (Å²) in [5.74, 6) is 0. The zero-order chi connectivity index (χ0) is 34.4. The van der Waals surface area contributed by atoms with Gasteiger partial charge in [-0.25, -0.2) is 0 Å². The highest BCUT2D eigenvalue weighted by Crippen LogP contribution is 2.44. The van der Waals surface area contributed by atoms with E-state index in [0.29, 0.717) is 0 Å². The smallest absolute Gasteiger partial charge is 0.0780 e. The summed E-state index contributed by atoms with van der Waals surface area (Å²) >= 11 is 1.88.